The average molecular weight is 256 g/mol. The molecule has 0 saturated carbocycles. The van der Waals surface area contributed by atoms with Gasteiger partial charge < -0.3 is 10.6 Å². The standard InChI is InChI=1S/C15H32N2O/c1-4-6-7-8-9-10-12-16-13-15(18)17-14(3)11-5-2/h14,16H,4-13H2,1-3H3,(H,17,18). The molecule has 1 unspecified atom stereocenters. The minimum Gasteiger partial charge on any atom is -0.353 e. The smallest absolute Gasteiger partial charge is 0.234 e. The number of unbranched alkanes of at least 4 members (excludes halogenated alkanes) is 5. The van der Waals surface area contributed by atoms with Gasteiger partial charge in [0.2, 0.25) is 5.91 Å². The fraction of sp³-hybridized carbons (Fsp3) is 0.933. The number of rotatable bonds is 12. The number of hydrogen-bond donors (Lipinski definition) is 2. The lowest BCUT2D eigenvalue weighted by molar-refractivity contribution is -0.120. The zero-order valence-corrected chi connectivity index (χ0v) is 12.6. The molecule has 0 rings (SSSR count). The molecule has 2 N–H and O–H groups in total. The molecule has 1 atom stereocenters. The Morgan fingerprint density at radius 2 is 1.67 bits per heavy atom. The molecule has 0 fully saturated rings. The summed E-state index contributed by atoms with van der Waals surface area (Å²) in [5.74, 6) is 0.127. The van der Waals surface area contributed by atoms with Crippen LogP contribution < -0.4 is 10.6 Å². The van der Waals surface area contributed by atoms with Crippen molar-refractivity contribution in [2.45, 2.75) is 78.2 Å². The average Bonchev–Trinajstić information content (AvgIpc) is 2.32. The lowest BCUT2D eigenvalue weighted by atomic mass is 10.1. The van der Waals surface area contributed by atoms with Crippen LogP contribution in [-0.4, -0.2) is 25.0 Å². The molecule has 0 aromatic rings. The van der Waals surface area contributed by atoms with E-state index < -0.39 is 0 Å². The molecule has 0 bridgehead atoms. The van der Waals surface area contributed by atoms with E-state index in [1.54, 1.807) is 0 Å². The molecular weight excluding hydrogens is 224 g/mol. The van der Waals surface area contributed by atoms with E-state index in [0.29, 0.717) is 12.6 Å². The third-order valence-corrected chi connectivity index (χ3v) is 3.12. The second kappa shape index (κ2) is 12.9. The second-order valence-electron chi connectivity index (χ2n) is 5.20. The van der Waals surface area contributed by atoms with Gasteiger partial charge in [-0.05, 0) is 26.3 Å². The van der Waals surface area contributed by atoms with Crippen LogP contribution in [0.2, 0.25) is 0 Å². The van der Waals surface area contributed by atoms with Crippen LogP contribution in [0, 0.1) is 0 Å². The molecule has 0 aromatic carbocycles. The molecule has 0 aliphatic rings. The van der Waals surface area contributed by atoms with Crippen LogP contribution >= 0.6 is 0 Å². The van der Waals surface area contributed by atoms with Crippen LogP contribution in [0.1, 0.15) is 72.1 Å². The number of hydrogen-bond acceptors (Lipinski definition) is 2. The van der Waals surface area contributed by atoms with E-state index in [9.17, 15) is 4.79 Å². The predicted molar refractivity (Wildman–Crippen MR) is 78.8 cm³/mol. The number of carbonyl (C=O) groups excluding carboxylic acids is 1. The SMILES string of the molecule is CCCCCCCCNCC(=O)NC(C)CCC. The molecule has 0 radical (unpaired) electrons. The van der Waals surface area contributed by atoms with Crippen LogP contribution in [0.3, 0.4) is 0 Å². The summed E-state index contributed by atoms with van der Waals surface area (Å²) in [6, 6.07) is 0.304. The Kier molecular flexibility index (Phi) is 12.5. The highest BCUT2D eigenvalue weighted by Gasteiger charge is 2.05. The van der Waals surface area contributed by atoms with E-state index in [1.165, 1.54) is 38.5 Å². The first-order valence-corrected chi connectivity index (χ1v) is 7.70. The molecule has 3 nitrogen and oxygen atoms in total. The van der Waals surface area contributed by atoms with Gasteiger partial charge in [0.1, 0.15) is 0 Å². The van der Waals surface area contributed by atoms with Crippen molar-refractivity contribution in [1.29, 1.82) is 0 Å². The minimum atomic E-state index is 0.127. The molecule has 0 spiro atoms. The van der Waals surface area contributed by atoms with Gasteiger partial charge in [-0.3, -0.25) is 4.79 Å². The van der Waals surface area contributed by atoms with E-state index in [1.807, 2.05) is 0 Å². The van der Waals surface area contributed by atoms with Crippen molar-refractivity contribution in [2.75, 3.05) is 13.1 Å². The molecule has 0 aliphatic heterocycles. The van der Waals surface area contributed by atoms with E-state index in [0.717, 1.165) is 19.4 Å². The lowest BCUT2D eigenvalue weighted by Gasteiger charge is -2.13. The van der Waals surface area contributed by atoms with E-state index in [-0.39, 0.29) is 5.91 Å². The number of carbonyl (C=O) groups is 1. The minimum absolute atomic E-state index is 0.127. The summed E-state index contributed by atoms with van der Waals surface area (Å²) in [5.41, 5.74) is 0. The zero-order chi connectivity index (χ0) is 13.6. The van der Waals surface area contributed by atoms with Crippen molar-refractivity contribution in [3.05, 3.63) is 0 Å². The van der Waals surface area contributed by atoms with Crippen molar-refractivity contribution < 1.29 is 4.79 Å². The second-order valence-corrected chi connectivity index (χ2v) is 5.20. The van der Waals surface area contributed by atoms with E-state index in [2.05, 4.69) is 31.4 Å². The molecule has 108 valence electrons. The van der Waals surface area contributed by atoms with Gasteiger partial charge in [0.15, 0.2) is 0 Å². The third kappa shape index (κ3) is 11.9. The Balaban J connectivity index is 3.25. The van der Waals surface area contributed by atoms with Gasteiger partial charge >= 0.3 is 0 Å². The van der Waals surface area contributed by atoms with Crippen LogP contribution in [0.5, 0.6) is 0 Å². The van der Waals surface area contributed by atoms with Gasteiger partial charge in [-0.25, -0.2) is 0 Å². The maximum Gasteiger partial charge on any atom is 0.234 e. The Morgan fingerprint density at radius 1 is 1.00 bits per heavy atom. The maximum atomic E-state index is 11.5. The lowest BCUT2D eigenvalue weighted by Crippen LogP contribution is -2.39. The molecular formula is C15H32N2O. The normalized spacial score (nSPS) is 12.4. The molecule has 0 aromatic heterocycles. The van der Waals surface area contributed by atoms with Crippen molar-refractivity contribution in [2.24, 2.45) is 0 Å². The Hall–Kier alpha value is -0.570. The molecule has 0 saturated heterocycles. The summed E-state index contributed by atoms with van der Waals surface area (Å²) in [6.07, 6.45) is 9.97. The summed E-state index contributed by atoms with van der Waals surface area (Å²) in [4.78, 5) is 11.5. The molecule has 3 heteroatoms. The van der Waals surface area contributed by atoms with Crippen molar-refractivity contribution in [3.63, 3.8) is 0 Å². The van der Waals surface area contributed by atoms with Gasteiger partial charge in [-0.1, -0.05) is 52.4 Å². The van der Waals surface area contributed by atoms with Crippen molar-refractivity contribution in [1.82, 2.24) is 10.6 Å². The summed E-state index contributed by atoms with van der Waals surface area (Å²) in [6.45, 7) is 7.86. The van der Waals surface area contributed by atoms with Crippen LogP contribution in [0.15, 0.2) is 0 Å². The van der Waals surface area contributed by atoms with Crippen LogP contribution in [0.25, 0.3) is 0 Å². The number of amides is 1. The highest BCUT2D eigenvalue weighted by Crippen LogP contribution is 2.03. The highest BCUT2D eigenvalue weighted by atomic mass is 16.1. The summed E-state index contributed by atoms with van der Waals surface area (Å²) in [7, 11) is 0. The zero-order valence-electron chi connectivity index (χ0n) is 12.6. The van der Waals surface area contributed by atoms with Crippen LogP contribution in [-0.2, 0) is 4.79 Å². The van der Waals surface area contributed by atoms with E-state index >= 15 is 0 Å². The fourth-order valence-corrected chi connectivity index (χ4v) is 2.06. The third-order valence-electron chi connectivity index (χ3n) is 3.12. The first-order chi connectivity index (χ1) is 8.70. The maximum absolute atomic E-state index is 11.5. The molecule has 18 heavy (non-hydrogen) atoms. The van der Waals surface area contributed by atoms with Crippen LogP contribution in [0.4, 0.5) is 0 Å². The first kappa shape index (κ1) is 17.4. The number of nitrogens with one attached hydrogen (secondary N) is 2. The predicted octanol–water partition coefficient (Wildman–Crippen LogP) is 3.24. The summed E-state index contributed by atoms with van der Waals surface area (Å²) < 4.78 is 0. The van der Waals surface area contributed by atoms with E-state index in [4.69, 9.17) is 0 Å². The Labute approximate surface area is 113 Å². The quantitative estimate of drug-likeness (QED) is 0.526. The Morgan fingerprint density at radius 3 is 2.33 bits per heavy atom. The van der Waals surface area contributed by atoms with Gasteiger partial charge in [-0.2, -0.15) is 0 Å². The summed E-state index contributed by atoms with van der Waals surface area (Å²) in [5, 5.41) is 6.21. The van der Waals surface area contributed by atoms with Gasteiger partial charge in [0.05, 0.1) is 6.54 Å². The highest BCUT2D eigenvalue weighted by molar-refractivity contribution is 5.78. The van der Waals surface area contributed by atoms with Crippen molar-refractivity contribution in [3.8, 4) is 0 Å². The van der Waals surface area contributed by atoms with Gasteiger partial charge in [0, 0.05) is 6.04 Å². The first-order valence-electron chi connectivity index (χ1n) is 7.70. The molecule has 1 amide bonds. The van der Waals surface area contributed by atoms with Crippen molar-refractivity contribution >= 4 is 5.91 Å². The van der Waals surface area contributed by atoms with Gasteiger partial charge in [0.25, 0.3) is 0 Å². The fourth-order valence-electron chi connectivity index (χ4n) is 2.06. The van der Waals surface area contributed by atoms with Gasteiger partial charge in [-0.15, -0.1) is 0 Å². The Bertz CT molecular complexity index is 195. The largest absolute Gasteiger partial charge is 0.353 e. The topological polar surface area (TPSA) is 41.1 Å². The molecule has 0 aliphatic carbocycles. The monoisotopic (exact) mass is 256 g/mol. The molecule has 0 heterocycles. The summed E-state index contributed by atoms with van der Waals surface area (Å²) >= 11 is 0.